The molecule has 2 aliphatic rings. The second-order valence-electron chi connectivity index (χ2n) is 11.7. The minimum Gasteiger partial charge on any atom is -0.462 e. The molecule has 1 heterocycles. The van der Waals surface area contributed by atoms with Crippen LogP contribution in [-0.2, 0) is 15.6 Å². The lowest BCUT2D eigenvalue weighted by atomic mass is 9.74. The van der Waals surface area contributed by atoms with Gasteiger partial charge < -0.3 is 9.16 Å². The molecular weight excluding hydrogens is 517 g/mol. The molecular formula is C25H40INO3Si. The predicted molar refractivity (Wildman–Crippen MR) is 137 cm³/mol. The number of carbonyl (C=O) groups is 1. The molecule has 0 amide bonds. The molecule has 0 bridgehead atoms. The molecule has 0 spiro atoms. The smallest absolute Gasteiger partial charge is 0.341 e. The summed E-state index contributed by atoms with van der Waals surface area (Å²) in [6, 6.07) is 0. The summed E-state index contributed by atoms with van der Waals surface area (Å²) in [6.07, 6.45) is 6.51. The van der Waals surface area contributed by atoms with Crippen LogP contribution in [0, 0.1) is 8.99 Å². The van der Waals surface area contributed by atoms with Gasteiger partial charge in [0.2, 0.25) is 0 Å². The molecule has 2 aliphatic carbocycles. The Hall–Kier alpha value is -0.473. The summed E-state index contributed by atoms with van der Waals surface area (Å²) >= 11 is 2.38. The quantitative estimate of drug-likeness (QED) is 0.213. The fourth-order valence-corrected chi connectivity index (χ4v) is 7.17. The lowest BCUT2D eigenvalue weighted by Crippen LogP contribution is -2.44. The van der Waals surface area contributed by atoms with Crippen molar-refractivity contribution in [3.05, 3.63) is 26.1 Å². The molecule has 1 aromatic heterocycles. The molecule has 1 aromatic rings. The Balaban J connectivity index is 2.17. The number of halogens is 1. The lowest BCUT2D eigenvalue weighted by molar-refractivity contribution is 0.0521. The van der Waals surface area contributed by atoms with Gasteiger partial charge in [-0.1, -0.05) is 47.5 Å². The number of nitrogens with zero attached hydrogens (tertiary/aromatic N) is 1. The normalized spacial score (nSPS) is 21.8. The van der Waals surface area contributed by atoms with Gasteiger partial charge in [0.15, 0.2) is 8.32 Å². The van der Waals surface area contributed by atoms with E-state index in [1.165, 1.54) is 12.8 Å². The third-order valence-corrected chi connectivity index (χ3v) is 13.1. The van der Waals surface area contributed by atoms with Crippen LogP contribution in [0.2, 0.25) is 18.1 Å². The molecule has 0 unspecified atom stereocenters. The van der Waals surface area contributed by atoms with Gasteiger partial charge in [-0.15, -0.1) is 0 Å². The third-order valence-electron chi connectivity index (χ3n) is 7.45. The second kappa shape index (κ2) is 9.05. The Morgan fingerprint density at radius 3 is 2.39 bits per heavy atom. The highest BCUT2D eigenvalue weighted by molar-refractivity contribution is 14.1. The topological polar surface area (TPSA) is 48.4 Å². The zero-order chi connectivity index (χ0) is 23.2. The molecule has 0 radical (unpaired) electrons. The maximum atomic E-state index is 13.1. The zero-order valence-electron chi connectivity index (χ0n) is 20.7. The molecule has 1 saturated carbocycles. The van der Waals surface area contributed by atoms with Crippen molar-refractivity contribution in [3.8, 4) is 0 Å². The van der Waals surface area contributed by atoms with Crippen molar-refractivity contribution in [2.45, 2.75) is 110 Å². The van der Waals surface area contributed by atoms with Gasteiger partial charge in [-0.2, -0.15) is 0 Å². The highest BCUT2D eigenvalue weighted by Crippen LogP contribution is 2.49. The molecule has 0 aromatic carbocycles. The summed E-state index contributed by atoms with van der Waals surface area (Å²) in [5, 5.41) is 0.126. The van der Waals surface area contributed by atoms with E-state index in [9.17, 15) is 4.79 Å². The van der Waals surface area contributed by atoms with Crippen molar-refractivity contribution < 1.29 is 14.0 Å². The van der Waals surface area contributed by atoms with Crippen LogP contribution in [0.25, 0.3) is 0 Å². The summed E-state index contributed by atoms with van der Waals surface area (Å²) in [5.74, 6) is 0.142. The van der Waals surface area contributed by atoms with Crippen molar-refractivity contribution in [2.75, 3.05) is 6.61 Å². The number of ether oxygens (including phenoxy) is 1. The fraction of sp³-hybridized carbons (Fsp3) is 0.760. The number of carbonyl (C=O) groups excluding carboxylic acids is 1. The second-order valence-corrected chi connectivity index (χ2v) is 17.5. The van der Waals surface area contributed by atoms with Gasteiger partial charge in [-0.05, 0) is 78.7 Å². The molecule has 174 valence electrons. The molecule has 1 atom stereocenters. The van der Waals surface area contributed by atoms with Crippen LogP contribution in [-0.4, -0.2) is 25.9 Å². The number of hydrogen-bond donors (Lipinski definition) is 0. The van der Waals surface area contributed by atoms with E-state index in [0.29, 0.717) is 18.1 Å². The standard InChI is InChI=1S/C25H40INO3Si/c1-9-29-23(28)20-21(26)19-17(27-22(20)16-12-10-11-13-16)14-25(5,6)15-18(19)30-31(7,8)24(2,3)4/h16,18H,9-15H2,1-8H3/t18-/m0/s1. The van der Waals surface area contributed by atoms with Gasteiger partial charge >= 0.3 is 5.97 Å². The monoisotopic (exact) mass is 557 g/mol. The summed E-state index contributed by atoms with van der Waals surface area (Å²) in [5.41, 5.74) is 4.09. The van der Waals surface area contributed by atoms with E-state index < -0.39 is 8.32 Å². The number of rotatable bonds is 5. The lowest BCUT2D eigenvalue weighted by Gasteiger charge is -2.44. The number of aromatic nitrogens is 1. The van der Waals surface area contributed by atoms with Crippen LogP contribution in [0.1, 0.15) is 113 Å². The van der Waals surface area contributed by atoms with E-state index in [4.69, 9.17) is 14.1 Å². The molecule has 0 aliphatic heterocycles. The first-order valence-electron chi connectivity index (χ1n) is 11.8. The largest absolute Gasteiger partial charge is 0.462 e. The molecule has 1 fully saturated rings. The Kier molecular flexibility index (Phi) is 7.34. The van der Waals surface area contributed by atoms with Crippen molar-refractivity contribution in [1.29, 1.82) is 0 Å². The maximum Gasteiger partial charge on any atom is 0.341 e. The molecule has 0 saturated heterocycles. The van der Waals surface area contributed by atoms with Crippen molar-refractivity contribution in [3.63, 3.8) is 0 Å². The van der Waals surface area contributed by atoms with Crippen LogP contribution in [0.3, 0.4) is 0 Å². The minimum atomic E-state index is -1.99. The van der Waals surface area contributed by atoms with Gasteiger partial charge in [0.25, 0.3) is 0 Å². The SMILES string of the molecule is CCOC(=O)c1c(C2CCCC2)nc2c(c1I)[C@@H](O[Si](C)(C)C(C)(C)C)CC(C)(C)C2. The Morgan fingerprint density at radius 1 is 1.23 bits per heavy atom. The van der Waals surface area contributed by atoms with Gasteiger partial charge in [0.05, 0.1) is 24.0 Å². The summed E-state index contributed by atoms with van der Waals surface area (Å²) in [7, 11) is -1.99. The first kappa shape index (κ1) is 25.2. The first-order valence-corrected chi connectivity index (χ1v) is 15.8. The molecule has 4 nitrogen and oxygen atoms in total. The third kappa shape index (κ3) is 5.21. The van der Waals surface area contributed by atoms with E-state index in [-0.39, 0.29) is 22.5 Å². The van der Waals surface area contributed by atoms with Crippen LogP contribution in [0.4, 0.5) is 0 Å². The number of pyridine rings is 1. The maximum absolute atomic E-state index is 13.1. The molecule has 0 N–H and O–H groups in total. The Bertz CT molecular complexity index is 838. The average molecular weight is 558 g/mol. The van der Waals surface area contributed by atoms with Crippen molar-refractivity contribution in [1.82, 2.24) is 4.98 Å². The number of hydrogen-bond acceptors (Lipinski definition) is 4. The van der Waals surface area contributed by atoms with E-state index >= 15 is 0 Å². The Morgan fingerprint density at radius 2 is 1.84 bits per heavy atom. The van der Waals surface area contributed by atoms with Gasteiger partial charge in [0, 0.05) is 20.7 Å². The van der Waals surface area contributed by atoms with E-state index in [1.807, 2.05) is 6.92 Å². The highest BCUT2D eigenvalue weighted by Gasteiger charge is 2.45. The average Bonchev–Trinajstić information content (AvgIpc) is 3.13. The summed E-state index contributed by atoms with van der Waals surface area (Å²) in [6.45, 7) is 18.4. The molecule has 6 heteroatoms. The predicted octanol–water partition coefficient (Wildman–Crippen LogP) is 7.56. The molecule has 31 heavy (non-hydrogen) atoms. The summed E-state index contributed by atoms with van der Waals surface area (Å²) in [4.78, 5) is 18.3. The van der Waals surface area contributed by atoms with E-state index in [0.717, 1.165) is 46.2 Å². The summed E-state index contributed by atoms with van der Waals surface area (Å²) < 4.78 is 13.5. The van der Waals surface area contributed by atoms with Gasteiger partial charge in [-0.25, -0.2) is 4.79 Å². The van der Waals surface area contributed by atoms with Crippen LogP contribution < -0.4 is 0 Å². The van der Waals surface area contributed by atoms with Crippen LogP contribution >= 0.6 is 22.6 Å². The van der Waals surface area contributed by atoms with Crippen molar-refractivity contribution >= 4 is 36.9 Å². The number of esters is 1. The minimum absolute atomic E-state index is 0.0233. The van der Waals surface area contributed by atoms with E-state index in [2.05, 4.69) is 70.3 Å². The van der Waals surface area contributed by atoms with Gasteiger partial charge in [0.1, 0.15) is 0 Å². The van der Waals surface area contributed by atoms with E-state index in [1.54, 1.807) is 0 Å². The first-order chi connectivity index (χ1) is 14.3. The van der Waals surface area contributed by atoms with Crippen molar-refractivity contribution in [2.24, 2.45) is 5.41 Å². The van der Waals surface area contributed by atoms with Crippen LogP contribution in [0.15, 0.2) is 0 Å². The molecule has 3 rings (SSSR count). The fourth-order valence-electron chi connectivity index (χ4n) is 4.75. The Labute approximate surface area is 203 Å². The van der Waals surface area contributed by atoms with Gasteiger partial charge in [-0.3, -0.25) is 4.98 Å². The van der Waals surface area contributed by atoms with Crippen LogP contribution in [0.5, 0.6) is 0 Å². The number of fused-ring (bicyclic) bond motifs is 1. The zero-order valence-corrected chi connectivity index (χ0v) is 23.8. The highest BCUT2D eigenvalue weighted by atomic mass is 127.